The Morgan fingerprint density at radius 3 is 2.58 bits per heavy atom. The maximum Gasteiger partial charge on any atom is 0.338 e. The van der Waals surface area contributed by atoms with Crippen molar-refractivity contribution in [3.05, 3.63) is 53.3 Å². The lowest BCUT2D eigenvalue weighted by atomic mass is 10.2. The van der Waals surface area contributed by atoms with Crippen molar-refractivity contribution in [2.75, 3.05) is 5.73 Å². The fourth-order valence-electron chi connectivity index (χ4n) is 1.61. The Bertz CT molecular complexity index is 643. The highest BCUT2D eigenvalue weighted by Crippen LogP contribution is 2.35. The van der Waals surface area contributed by atoms with E-state index in [1.165, 1.54) is 11.8 Å². The Labute approximate surface area is 114 Å². The predicted molar refractivity (Wildman–Crippen MR) is 73.1 cm³/mol. The standard InChI is InChI=1S/C14H12FNO2S/c1-8-4-2-3-5-12(8)19-13-7-10(15)9(14(17)18)6-11(13)16/h2-7H,16H2,1H3,(H,17,18). The van der Waals surface area contributed by atoms with E-state index in [1.54, 1.807) is 0 Å². The largest absolute Gasteiger partial charge is 0.478 e. The minimum absolute atomic E-state index is 0.257. The van der Waals surface area contributed by atoms with Crippen molar-refractivity contribution in [3.63, 3.8) is 0 Å². The zero-order valence-electron chi connectivity index (χ0n) is 10.2. The monoisotopic (exact) mass is 277 g/mol. The number of nitrogens with two attached hydrogens (primary N) is 1. The number of carbonyl (C=O) groups is 1. The summed E-state index contributed by atoms with van der Waals surface area (Å²) in [6.45, 7) is 1.94. The molecule has 0 fully saturated rings. The predicted octanol–water partition coefficient (Wildman–Crippen LogP) is 3.57. The number of halogens is 1. The van der Waals surface area contributed by atoms with Gasteiger partial charge in [0.1, 0.15) is 5.82 Å². The van der Waals surface area contributed by atoms with Gasteiger partial charge in [0.05, 0.1) is 5.56 Å². The van der Waals surface area contributed by atoms with E-state index in [0.29, 0.717) is 4.90 Å². The summed E-state index contributed by atoms with van der Waals surface area (Å²) in [4.78, 5) is 12.3. The van der Waals surface area contributed by atoms with Crippen LogP contribution in [0.5, 0.6) is 0 Å². The molecule has 0 saturated carbocycles. The normalized spacial score (nSPS) is 10.4. The van der Waals surface area contributed by atoms with Crippen molar-refractivity contribution < 1.29 is 14.3 Å². The molecule has 19 heavy (non-hydrogen) atoms. The second-order valence-corrected chi connectivity index (χ2v) is 5.13. The highest BCUT2D eigenvalue weighted by molar-refractivity contribution is 7.99. The van der Waals surface area contributed by atoms with Gasteiger partial charge in [-0.3, -0.25) is 0 Å². The second kappa shape index (κ2) is 5.32. The van der Waals surface area contributed by atoms with E-state index in [0.717, 1.165) is 22.6 Å². The van der Waals surface area contributed by atoms with Crippen molar-refractivity contribution >= 4 is 23.4 Å². The molecule has 0 bridgehead atoms. The van der Waals surface area contributed by atoms with Gasteiger partial charge < -0.3 is 10.8 Å². The van der Waals surface area contributed by atoms with Gasteiger partial charge >= 0.3 is 5.97 Å². The summed E-state index contributed by atoms with van der Waals surface area (Å²) < 4.78 is 13.6. The first-order chi connectivity index (χ1) is 8.99. The molecule has 0 unspecified atom stereocenters. The van der Waals surface area contributed by atoms with Gasteiger partial charge in [-0.1, -0.05) is 30.0 Å². The van der Waals surface area contributed by atoms with E-state index in [9.17, 15) is 9.18 Å². The molecule has 0 saturated heterocycles. The highest BCUT2D eigenvalue weighted by Gasteiger charge is 2.14. The molecule has 98 valence electrons. The Hall–Kier alpha value is -2.01. The minimum atomic E-state index is -1.32. The molecule has 0 aliphatic carbocycles. The van der Waals surface area contributed by atoms with Crippen molar-refractivity contribution in [3.8, 4) is 0 Å². The second-order valence-electron chi connectivity index (χ2n) is 4.04. The number of hydrogen-bond donors (Lipinski definition) is 2. The SMILES string of the molecule is Cc1ccccc1Sc1cc(F)c(C(=O)O)cc1N. The van der Waals surface area contributed by atoms with Crippen LogP contribution in [-0.4, -0.2) is 11.1 Å². The lowest BCUT2D eigenvalue weighted by Crippen LogP contribution is -2.03. The van der Waals surface area contributed by atoms with Crippen LogP contribution in [0.3, 0.4) is 0 Å². The molecular weight excluding hydrogens is 265 g/mol. The van der Waals surface area contributed by atoms with Crippen molar-refractivity contribution in [1.82, 2.24) is 0 Å². The third-order valence-corrected chi connectivity index (χ3v) is 3.89. The van der Waals surface area contributed by atoms with Gasteiger partial charge in [-0.05, 0) is 30.7 Å². The van der Waals surface area contributed by atoms with Gasteiger partial charge in [0, 0.05) is 15.5 Å². The van der Waals surface area contributed by atoms with Crippen LogP contribution in [0.2, 0.25) is 0 Å². The number of aromatic carboxylic acids is 1. The Balaban J connectivity index is 2.39. The molecule has 0 atom stereocenters. The van der Waals surface area contributed by atoms with Gasteiger partial charge in [-0.25, -0.2) is 9.18 Å². The number of carboxylic acid groups (broad SMARTS) is 1. The van der Waals surface area contributed by atoms with Crippen LogP contribution in [0.25, 0.3) is 0 Å². The molecule has 0 amide bonds. The number of carboxylic acids is 1. The summed E-state index contributed by atoms with van der Waals surface area (Å²) >= 11 is 1.32. The molecular formula is C14H12FNO2S. The summed E-state index contributed by atoms with van der Waals surface area (Å²) in [5.41, 5.74) is 6.67. The van der Waals surface area contributed by atoms with Gasteiger partial charge in [-0.2, -0.15) is 0 Å². The molecule has 3 nitrogen and oxygen atoms in total. The number of nitrogen functional groups attached to an aromatic ring is 1. The maximum absolute atomic E-state index is 13.6. The third kappa shape index (κ3) is 2.88. The zero-order chi connectivity index (χ0) is 14.0. The van der Waals surface area contributed by atoms with Gasteiger partial charge in [0.25, 0.3) is 0 Å². The summed E-state index contributed by atoms with van der Waals surface area (Å²) in [7, 11) is 0. The van der Waals surface area contributed by atoms with E-state index in [4.69, 9.17) is 10.8 Å². The molecule has 0 heterocycles. The molecule has 0 radical (unpaired) electrons. The maximum atomic E-state index is 13.6. The Morgan fingerprint density at radius 1 is 1.26 bits per heavy atom. The molecule has 0 aliphatic rings. The van der Waals surface area contributed by atoms with Gasteiger partial charge in [-0.15, -0.1) is 0 Å². The molecule has 3 N–H and O–H groups in total. The van der Waals surface area contributed by atoms with Gasteiger partial charge in [0.15, 0.2) is 0 Å². The van der Waals surface area contributed by atoms with Crippen LogP contribution in [0.1, 0.15) is 15.9 Å². The lowest BCUT2D eigenvalue weighted by molar-refractivity contribution is 0.0692. The smallest absolute Gasteiger partial charge is 0.338 e. The van der Waals surface area contributed by atoms with E-state index in [-0.39, 0.29) is 5.69 Å². The minimum Gasteiger partial charge on any atom is -0.478 e. The number of aryl methyl sites for hydroxylation is 1. The first kappa shape index (κ1) is 13.4. The number of anilines is 1. The fourth-order valence-corrected chi connectivity index (χ4v) is 2.57. The van der Waals surface area contributed by atoms with Crippen LogP contribution in [0.4, 0.5) is 10.1 Å². The van der Waals surface area contributed by atoms with Crippen molar-refractivity contribution in [2.24, 2.45) is 0 Å². The third-order valence-electron chi connectivity index (χ3n) is 2.64. The fraction of sp³-hybridized carbons (Fsp3) is 0.0714. The average molecular weight is 277 g/mol. The number of benzene rings is 2. The van der Waals surface area contributed by atoms with E-state index in [1.807, 2.05) is 31.2 Å². The van der Waals surface area contributed by atoms with E-state index >= 15 is 0 Å². The van der Waals surface area contributed by atoms with Crippen LogP contribution in [0.15, 0.2) is 46.2 Å². The summed E-state index contributed by atoms with van der Waals surface area (Å²) in [5.74, 6) is -2.10. The highest BCUT2D eigenvalue weighted by atomic mass is 32.2. The molecule has 2 rings (SSSR count). The first-order valence-corrected chi connectivity index (χ1v) is 6.36. The molecule has 0 aromatic heterocycles. The molecule has 0 spiro atoms. The van der Waals surface area contributed by atoms with E-state index in [2.05, 4.69) is 0 Å². The van der Waals surface area contributed by atoms with Crippen molar-refractivity contribution in [1.29, 1.82) is 0 Å². The molecule has 2 aromatic rings. The summed E-state index contributed by atoms with van der Waals surface area (Å²) in [6, 6.07) is 9.96. The van der Waals surface area contributed by atoms with Gasteiger partial charge in [0.2, 0.25) is 0 Å². The molecule has 2 aromatic carbocycles. The molecule has 5 heteroatoms. The Morgan fingerprint density at radius 2 is 1.95 bits per heavy atom. The zero-order valence-corrected chi connectivity index (χ0v) is 11.0. The van der Waals surface area contributed by atoms with Crippen LogP contribution < -0.4 is 5.73 Å². The summed E-state index contributed by atoms with van der Waals surface area (Å²) in [6.07, 6.45) is 0. The Kier molecular flexibility index (Phi) is 3.76. The number of hydrogen-bond acceptors (Lipinski definition) is 3. The van der Waals surface area contributed by atoms with Crippen LogP contribution in [-0.2, 0) is 0 Å². The number of rotatable bonds is 3. The van der Waals surface area contributed by atoms with Crippen LogP contribution in [0, 0.1) is 12.7 Å². The lowest BCUT2D eigenvalue weighted by Gasteiger charge is -2.09. The quantitative estimate of drug-likeness (QED) is 0.842. The first-order valence-electron chi connectivity index (χ1n) is 5.55. The van der Waals surface area contributed by atoms with Crippen LogP contribution >= 0.6 is 11.8 Å². The van der Waals surface area contributed by atoms with E-state index < -0.39 is 17.3 Å². The van der Waals surface area contributed by atoms with Crippen molar-refractivity contribution in [2.45, 2.75) is 16.7 Å². The molecule has 0 aliphatic heterocycles. The average Bonchev–Trinajstić information content (AvgIpc) is 2.35. The topological polar surface area (TPSA) is 63.3 Å². The summed E-state index contributed by atoms with van der Waals surface area (Å²) in [5, 5.41) is 8.81.